The van der Waals surface area contributed by atoms with Gasteiger partial charge in [0.2, 0.25) is 0 Å². The largest absolute Gasteiger partial charge is 0.414 e. The van der Waals surface area contributed by atoms with E-state index in [9.17, 15) is 5.11 Å². The second-order valence-corrected chi connectivity index (χ2v) is 12.9. The molecule has 0 aromatic carbocycles. The third-order valence-electron chi connectivity index (χ3n) is 4.69. The maximum Gasteiger partial charge on any atom is 0.192 e. The Hall–Kier alpha value is 0.0569. The quantitative estimate of drug-likeness (QED) is 0.560. The summed E-state index contributed by atoms with van der Waals surface area (Å²) < 4.78 is 11.7. The lowest BCUT2D eigenvalue weighted by molar-refractivity contribution is 0.0196. The fraction of sp³-hybridized carbons (Fsp3) is 1.00. The molecule has 0 aromatic rings. The normalized spacial score (nSPS) is 26.7. The third kappa shape index (κ3) is 4.27. The first-order valence-corrected chi connectivity index (χ1v) is 10.5. The molecule has 0 aliphatic carbocycles. The number of nitrogens with two attached hydrogens (primary N) is 1. The second kappa shape index (κ2) is 6.05. The lowest BCUT2D eigenvalue weighted by atomic mass is 9.92. The van der Waals surface area contributed by atoms with E-state index in [0.717, 1.165) is 6.42 Å². The van der Waals surface area contributed by atoms with Gasteiger partial charge in [-0.05, 0) is 30.5 Å². The molecular weight excluding hydrogens is 270 g/mol. The van der Waals surface area contributed by atoms with Gasteiger partial charge in [0.1, 0.15) is 11.7 Å². The van der Waals surface area contributed by atoms with Gasteiger partial charge in [0, 0.05) is 6.04 Å². The third-order valence-corrected chi connectivity index (χ3v) is 9.17. The fourth-order valence-electron chi connectivity index (χ4n) is 2.01. The highest BCUT2D eigenvalue weighted by Crippen LogP contribution is 2.40. The van der Waals surface area contributed by atoms with Gasteiger partial charge in [-0.3, -0.25) is 0 Å². The van der Waals surface area contributed by atoms with Gasteiger partial charge in [0.25, 0.3) is 0 Å². The predicted octanol–water partition coefficient (Wildman–Crippen LogP) is 2.51. The minimum atomic E-state index is -1.82. The molecule has 0 aromatic heterocycles. The van der Waals surface area contributed by atoms with Gasteiger partial charge in [-0.15, -0.1) is 0 Å². The predicted molar refractivity (Wildman–Crippen MR) is 85.3 cm³/mol. The van der Waals surface area contributed by atoms with Crippen LogP contribution in [0.1, 0.15) is 41.0 Å². The van der Waals surface area contributed by atoms with Crippen molar-refractivity contribution in [3.63, 3.8) is 0 Å². The van der Waals surface area contributed by atoms with Crippen LogP contribution >= 0.6 is 0 Å². The van der Waals surface area contributed by atoms with Crippen LogP contribution < -0.4 is 5.73 Å². The van der Waals surface area contributed by atoms with E-state index in [1.807, 2.05) is 0 Å². The summed E-state index contributed by atoms with van der Waals surface area (Å²) in [6.07, 6.45) is 0.154. The minimum absolute atomic E-state index is 0.161. The summed E-state index contributed by atoms with van der Waals surface area (Å²) in [7, 11) is -1.82. The summed E-state index contributed by atoms with van der Waals surface area (Å²) in [6, 6.07) is -0.250. The maximum atomic E-state index is 10.4. The number of aliphatic hydroxyl groups is 1. The molecule has 0 bridgehead atoms. The lowest BCUT2D eigenvalue weighted by Crippen LogP contribution is -2.51. The van der Waals surface area contributed by atoms with E-state index in [0.29, 0.717) is 19.1 Å². The Morgan fingerprint density at radius 3 is 2.20 bits per heavy atom. The van der Waals surface area contributed by atoms with Crippen LogP contribution in [-0.4, -0.2) is 44.4 Å². The molecule has 1 heterocycles. The van der Waals surface area contributed by atoms with E-state index in [4.69, 9.17) is 14.9 Å². The van der Waals surface area contributed by atoms with E-state index < -0.39 is 20.0 Å². The van der Waals surface area contributed by atoms with Crippen molar-refractivity contribution < 1.29 is 14.3 Å². The summed E-state index contributed by atoms with van der Waals surface area (Å²) >= 11 is 0. The van der Waals surface area contributed by atoms with Crippen LogP contribution in [0.2, 0.25) is 18.1 Å². The highest BCUT2D eigenvalue weighted by atomic mass is 28.4. The molecule has 0 spiro atoms. The summed E-state index contributed by atoms with van der Waals surface area (Å²) in [6.45, 7) is 16.3. The Morgan fingerprint density at radius 2 is 1.85 bits per heavy atom. The molecule has 120 valence electrons. The first-order valence-electron chi connectivity index (χ1n) is 7.63. The van der Waals surface area contributed by atoms with Crippen molar-refractivity contribution in [2.75, 3.05) is 13.2 Å². The molecule has 1 rings (SSSR count). The van der Waals surface area contributed by atoms with Crippen molar-refractivity contribution in [2.45, 2.75) is 76.9 Å². The van der Waals surface area contributed by atoms with E-state index >= 15 is 0 Å². The Labute approximate surface area is 125 Å². The number of hydrogen-bond donors (Lipinski definition) is 2. The summed E-state index contributed by atoms with van der Waals surface area (Å²) in [5.74, 6) is 0.469. The van der Waals surface area contributed by atoms with Gasteiger partial charge in [0.05, 0.1) is 13.2 Å². The molecule has 1 unspecified atom stereocenters. The van der Waals surface area contributed by atoms with Gasteiger partial charge < -0.3 is 20.0 Å². The molecule has 5 heteroatoms. The lowest BCUT2D eigenvalue weighted by Gasteiger charge is -2.38. The van der Waals surface area contributed by atoms with Gasteiger partial charge in [-0.2, -0.15) is 0 Å². The van der Waals surface area contributed by atoms with E-state index in [-0.39, 0.29) is 11.1 Å². The number of ether oxygens (including phenoxy) is 1. The van der Waals surface area contributed by atoms with E-state index in [1.165, 1.54) is 0 Å². The zero-order chi connectivity index (χ0) is 15.8. The second-order valence-electron chi connectivity index (χ2n) is 8.14. The Kier molecular flexibility index (Phi) is 5.47. The monoisotopic (exact) mass is 303 g/mol. The summed E-state index contributed by atoms with van der Waals surface area (Å²) in [5.41, 5.74) is 5.53. The Bertz CT molecular complexity index is 322. The Balaban J connectivity index is 2.59. The fourth-order valence-corrected chi connectivity index (χ4v) is 3.05. The van der Waals surface area contributed by atoms with Crippen molar-refractivity contribution in [2.24, 2.45) is 11.7 Å². The number of aliphatic hydroxyl groups excluding tert-OH is 1. The SMILES string of the molecule is CC(C)CC(N)[C@H](O)[C@@]1(CO[Si](C)(C)C(C)(C)C)CO1. The smallest absolute Gasteiger partial charge is 0.192 e. The standard InChI is InChI=1S/C15H33NO3Si/c1-11(2)8-12(16)13(17)15(9-18-15)10-19-20(6,7)14(3,4)5/h11-13,17H,8-10,16H2,1-7H3/t12?,13-,15-/m0/s1. The zero-order valence-corrected chi connectivity index (χ0v) is 15.2. The van der Waals surface area contributed by atoms with Gasteiger partial charge in [-0.1, -0.05) is 34.6 Å². The maximum absolute atomic E-state index is 10.4. The van der Waals surface area contributed by atoms with Crippen molar-refractivity contribution in [3.8, 4) is 0 Å². The van der Waals surface area contributed by atoms with Crippen LogP contribution in [0.3, 0.4) is 0 Å². The zero-order valence-electron chi connectivity index (χ0n) is 14.2. The average molecular weight is 304 g/mol. The number of rotatable bonds is 7. The molecule has 1 aliphatic heterocycles. The number of epoxide rings is 1. The Morgan fingerprint density at radius 1 is 1.35 bits per heavy atom. The van der Waals surface area contributed by atoms with Crippen molar-refractivity contribution >= 4 is 8.32 Å². The minimum Gasteiger partial charge on any atom is -0.414 e. The van der Waals surface area contributed by atoms with Crippen molar-refractivity contribution in [3.05, 3.63) is 0 Å². The van der Waals surface area contributed by atoms with E-state index in [2.05, 4.69) is 47.7 Å². The molecule has 1 fully saturated rings. The molecule has 0 saturated carbocycles. The highest BCUT2D eigenvalue weighted by Gasteiger charge is 2.55. The first kappa shape index (κ1) is 18.1. The van der Waals surface area contributed by atoms with Crippen LogP contribution in [0.4, 0.5) is 0 Å². The molecule has 0 radical (unpaired) electrons. The van der Waals surface area contributed by atoms with Crippen LogP contribution in [0.25, 0.3) is 0 Å². The molecule has 20 heavy (non-hydrogen) atoms. The van der Waals surface area contributed by atoms with Crippen molar-refractivity contribution in [1.29, 1.82) is 0 Å². The van der Waals surface area contributed by atoms with Gasteiger partial charge in [-0.25, -0.2) is 0 Å². The highest BCUT2D eigenvalue weighted by molar-refractivity contribution is 6.74. The van der Waals surface area contributed by atoms with Gasteiger partial charge in [0.15, 0.2) is 8.32 Å². The molecule has 1 saturated heterocycles. The van der Waals surface area contributed by atoms with Gasteiger partial charge >= 0.3 is 0 Å². The van der Waals surface area contributed by atoms with Crippen LogP contribution in [0.5, 0.6) is 0 Å². The summed E-state index contributed by atoms with van der Waals surface area (Å²) in [5, 5.41) is 10.6. The average Bonchev–Trinajstić information content (AvgIpc) is 3.04. The molecule has 3 atom stereocenters. The van der Waals surface area contributed by atoms with Crippen LogP contribution in [0.15, 0.2) is 0 Å². The van der Waals surface area contributed by atoms with E-state index in [1.54, 1.807) is 0 Å². The van der Waals surface area contributed by atoms with Crippen LogP contribution in [0, 0.1) is 5.92 Å². The van der Waals surface area contributed by atoms with Crippen LogP contribution in [-0.2, 0) is 9.16 Å². The molecular formula is C15H33NO3Si. The molecule has 3 N–H and O–H groups in total. The molecule has 0 amide bonds. The van der Waals surface area contributed by atoms with Crippen molar-refractivity contribution in [1.82, 2.24) is 0 Å². The molecule has 1 aliphatic rings. The number of hydrogen-bond acceptors (Lipinski definition) is 4. The molecule has 4 nitrogen and oxygen atoms in total. The summed E-state index contributed by atoms with van der Waals surface area (Å²) in [4.78, 5) is 0. The topological polar surface area (TPSA) is 68.0 Å². The first-order chi connectivity index (χ1) is 8.91.